The van der Waals surface area contributed by atoms with E-state index in [-0.39, 0.29) is 22.6 Å². The van der Waals surface area contributed by atoms with Gasteiger partial charge in [0.15, 0.2) is 0 Å². The Bertz CT molecular complexity index is 1220. The summed E-state index contributed by atoms with van der Waals surface area (Å²) < 4.78 is 33.6. The molecule has 3 aromatic rings. The Labute approximate surface area is 188 Å². The highest BCUT2D eigenvalue weighted by molar-refractivity contribution is 7.89. The van der Waals surface area contributed by atoms with E-state index >= 15 is 0 Å². The zero-order chi connectivity index (χ0) is 22.7. The molecule has 2 heterocycles. The van der Waals surface area contributed by atoms with Gasteiger partial charge in [0.2, 0.25) is 10.0 Å². The number of H-pyrrole nitrogens is 1. The molecule has 2 N–H and O–H groups in total. The van der Waals surface area contributed by atoms with Crippen LogP contribution in [0.25, 0.3) is 10.9 Å². The number of methoxy groups -OCH3 is 1. The molecule has 0 unspecified atom stereocenters. The molecule has 0 bridgehead atoms. The van der Waals surface area contributed by atoms with Crippen molar-refractivity contribution in [3.8, 4) is 5.75 Å². The molecule has 0 radical (unpaired) electrons. The van der Waals surface area contributed by atoms with Crippen LogP contribution in [-0.2, 0) is 16.4 Å². The summed E-state index contributed by atoms with van der Waals surface area (Å²) in [5, 5.41) is 4.04. The van der Waals surface area contributed by atoms with Gasteiger partial charge in [-0.2, -0.15) is 4.31 Å². The van der Waals surface area contributed by atoms with Crippen molar-refractivity contribution in [1.82, 2.24) is 14.6 Å². The van der Waals surface area contributed by atoms with Gasteiger partial charge in [-0.1, -0.05) is 24.6 Å². The maximum Gasteiger partial charge on any atom is 0.251 e. The average molecular weight is 456 g/mol. The van der Waals surface area contributed by atoms with Crippen LogP contribution in [0.3, 0.4) is 0 Å². The fourth-order valence-corrected chi connectivity index (χ4v) is 6.21. The molecule has 4 rings (SSSR count). The second-order valence-electron chi connectivity index (χ2n) is 8.19. The lowest BCUT2D eigenvalue weighted by atomic mass is 10.1. The number of ether oxygens (including phenoxy) is 1. The van der Waals surface area contributed by atoms with Crippen LogP contribution in [0.4, 0.5) is 0 Å². The number of hydrogen-bond donors (Lipinski definition) is 2. The molecule has 1 aromatic heterocycles. The molecule has 0 saturated carbocycles. The summed E-state index contributed by atoms with van der Waals surface area (Å²) in [7, 11) is -2.33. The van der Waals surface area contributed by atoms with Gasteiger partial charge in [-0.3, -0.25) is 4.79 Å². The van der Waals surface area contributed by atoms with E-state index < -0.39 is 10.0 Å². The van der Waals surface area contributed by atoms with Gasteiger partial charge in [0.05, 0.1) is 7.11 Å². The number of benzene rings is 2. The minimum absolute atomic E-state index is 0.0398. The third kappa shape index (κ3) is 4.38. The number of para-hydroxylation sites is 1. The van der Waals surface area contributed by atoms with Crippen molar-refractivity contribution in [3.05, 3.63) is 59.8 Å². The van der Waals surface area contributed by atoms with Crippen molar-refractivity contribution in [2.24, 2.45) is 0 Å². The van der Waals surface area contributed by atoms with E-state index in [0.29, 0.717) is 25.1 Å². The molecule has 1 aliphatic rings. The predicted molar refractivity (Wildman–Crippen MR) is 125 cm³/mol. The number of rotatable bonds is 7. The van der Waals surface area contributed by atoms with E-state index in [0.717, 1.165) is 35.7 Å². The predicted octanol–water partition coefficient (Wildman–Crippen LogP) is 3.71. The highest BCUT2D eigenvalue weighted by Gasteiger charge is 2.33. The molecular weight excluding hydrogens is 426 g/mol. The van der Waals surface area contributed by atoms with Crippen LogP contribution >= 0.6 is 0 Å². The number of carbonyl (C=O) groups excluding carboxylic acids is 1. The Morgan fingerprint density at radius 2 is 2.03 bits per heavy atom. The maximum absolute atomic E-state index is 13.4. The van der Waals surface area contributed by atoms with Crippen molar-refractivity contribution < 1.29 is 17.9 Å². The summed E-state index contributed by atoms with van der Waals surface area (Å²) in [6, 6.07) is 12.5. The number of aromatic nitrogens is 1. The lowest BCUT2D eigenvalue weighted by Gasteiger charge is -2.32. The van der Waals surface area contributed by atoms with Crippen LogP contribution < -0.4 is 10.1 Å². The number of carbonyl (C=O) groups is 1. The van der Waals surface area contributed by atoms with E-state index in [2.05, 4.69) is 10.3 Å². The summed E-state index contributed by atoms with van der Waals surface area (Å²) in [5.74, 6) is -0.0613. The number of amides is 1. The van der Waals surface area contributed by atoms with Crippen molar-refractivity contribution >= 4 is 26.8 Å². The van der Waals surface area contributed by atoms with E-state index in [4.69, 9.17) is 4.74 Å². The third-order valence-electron chi connectivity index (χ3n) is 6.11. The van der Waals surface area contributed by atoms with Gasteiger partial charge >= 0.3 is 0 Å². The zero-order valence-electron chi connectivity index (χ0n) is 18.4. The number of hydrogen-bond acceptors (Lipinski definition) is 4. The first-order valence-corrected chi connectivity index (χ1v) is 12.4. The number of aromatic amines is 1. The van der Waals surface area contributed by atoms with Crippen molar-refractivity contribution in [2.75, 3.05) is 20.2 Å². The molecule has 1 fully saturated rings. The van der Waals surface area contributed by atoms with Crippen LogP contribution in [0.1, 0.15) is 42.1 Å². The van der Waals surface area contributed by atoms with Crippen LogP contribution in [0.2, 0.25) is 0 Å². The van der Waals surface area contributed by atoms with Gasteiger partial charge in [0.25, 0.3) is 5.91 Å². The molecule has 0 spiro atoms. The van der Waals surface area contributed by atoms with Gasteiger partial charge in [-0.15, -0.1) is 0 Å². The number of nitrogens with one attached hydrogen (secondary N) is 2. The summed E-state index contributed by atoms with van der Waals surface area (Å²) >= 11 is 0. The summed E-state index contributed by atoms with van der Waals surface area (Å²) in [6.45, 7) is 2.84. The number of nitrogens with zero attached hydrogens (tertiary/aromatic N) is 1. The number of piperidine rings is 1. The standard InChI is InChI=1S/C24H29N3O4S/c1-17-7-5-6-14-27(17)32(29,30)23-15-18(10-11-22(23)31-2)24(28)25-13-12-19-16-26-21-9-4-3-8-20(19)21/h3-4,8-11,15-17,26H,5-7,12-14H2,1-2H3,(H,25,28)/t17-/m0/s1. The first-order chi connectivity index (χ1) is 15.4. The summed E-state index contributed by atoms with van der Waals surface area (Å²) in [4.78, 5) is 16.1. The van der Waals surface area contributed by atoms with Gasteiger partial charge < -0.3 is 15.0 Å². The molecule has 8 heteroatoms. The average Bonchev–Trinajstić information content (AvgIpc) is 3.22. The minimum atomic E-state index is -3.77. The molecule has 1 atom stereocenters. The second kappa shape index (κ2) is 9.34. The highest BCUT2D eigenvalue weighted by atomic mass is 32.2. The molecule has 1 amide bonds. The molecule has 0 aliphatic carbocycles. The minimum Gasteiger partial charge on any atom is -0.495 e. The normalized spacial score (nSPS) is 17.4. The summed E-state index contributed by atoms with van der Waals surface area (Å²) in [5.41, 5.74) is 2.48. The maximum atomic E-state index is 13.4. The van der Waals surface area contributed by atoms with Gasteiger partial charge in [0, 0.05) is 41.8 Å². The topological polar surface area (TPSA) is 91.5 Å². The Hall–Kier alpha value is -2.84. The Balaban J connectivity index is 1.50. The highest BCUT2D eigenvalue weighted by Crippen LogP contribution is 2.31. The molecular formula is C24H29N3O4S. The lowest BCUT2D eigenvalue weighted by molar-refractivity contribution is 0.0954. The van der Waals surface area contributed by atoms with E-state index in [1.54, 1.807) is 12.1 Å². The Morgan fingerprint density at radius 3 is 2.81 bits per heavy atom. The summed E-state index contributed by atoms with van der Waals surface area (Å²) in [6.07, 6.45) is 5.30. The first kappa shape index (κ1) is 22.4. The first-order valence-electron chi connectivity index (χ1n) is 10.9. The van der Waals surface area contributed by atoms with Gasteiger partial charge in [-0.05, 0) is 56.0 Å². The van der Waals surface area contributed by atoms with Gasteiger partial charge in [-0.25, -0.2) is 8.42 Å². The number of sulfonamides is 1. The molecule has 7 nitrogen and oxygen atoms in total. The van der Waals surface area contributed by atoms with Gasteiger partial charge in [0.1, 0.15) is 10.6 Å². The van der Waals surface area contributed by atoms with Crippen LogP contribution in [-0.4, -0.2) is 49.9 Å². The molecule has 32 heavy (non-hydrogen) atoms. The van der Waals surface area contributed by atoms with Crippen LogP contribution in [0.5, 0.6) is 5.75 Å². The smallest absolute Gasteiger partial charge is 0.251 e. The zero-order valence-corrected chi connectivity index (χ0v) is 19.2. The van der Waals surface area contributed by atoms with Crippen molar-refractivity contribution in [3.63, 3.8) is 0 Å². The largest absolute Gasteiger partial charge is 0.495 e. The molecule has 170 valence electrons. The van der Waals surface area contributed by atoms with Crippen LogP contribution in [0.15, 0.2) is 53.6 Å². The molecule has 1 saturated heterocycles. The number of fused-ring (bicyclic) bond motifs is 1. The van der Waals surface area contributed by atoms with E-state index in [1.807, 2.05) is 37.4 Å². The van der Waals surface area contributed by atoms with E-state index in [1.165, 1.54) is 17.5 Å². The fraction of sp³-hybridized carbons (Fsp3) is 0.375. The quantitative estimate of drug-likeness (QED) is 0.568. The lowest BCUT2D eigenvalue weighted by Crippen LogP contribution is -2.42. The third-order valence-corrected chi connectivity index (χ3v) is 8.14. The second-order valence-corrected chi connectivity index (χ2v) is 10.1. The monoisotopic (exact) mass is 455 g/mol. The molecule has 1 aliphatic heterocycles. The van der Waals surface area contributed by atoms with Crippen LogP contribution in [0, 0.1) is 0 Å². The Kier molecular flexibility index (Phi) is 6.53. The Morgan fingerprint density at radius 1 is 1.22 bits per heavy atom. The fourth-order valence-electron chi connectivity index (χ4n) is 4.33. The SMILES string of the molecule is COc1ccc(C(=O)NCCc2c[nH]c3ccccc23)cc1S(=O)(=O)N1CCCC[C@@H]1C. The van der Waals surface area contributed by atoms with Crippen molar-refractivity contribution in [1.29, 1.82) is 0 Å². The molecule has 2 aromatic carbocycles. The van der Waals surface area contributed by atoms with Crippen molar-refractivity contribution in [2.45, 2.75) is 43.5 Å². The van der Waals surface area contributed by atoms with E-state index in [9.17, 15) is 13.2 Å².